The summed E-state index contributed by atoms with van der Waals surface area (Å²) >= 11 is 0. The predicted molar refractivity (Wildman–Crippen MR) is 425 cm³/mol. The number of aromatic amines is 1. The van der Waals surface area contributed by atoms with Gasteiger partial charge in [0, 0.05) is 57.1 Å². The number of carbonyl (C=O) groups excluding carboxylic acids is 16. The van der Waals surface area contributed by atoms with Crippen LogP contribution in [-0.2, 0) is 112 Å². The monoisotopic (exact) mass is 1690 g/mol. The fourth-order valence-corrected chi connectivity index (χ4v) is 13.8. The molecule has 3 fully saturated rings. The quantitative estimate of drug-likeness (QED) is 0.0326. The molecule has 0 saturated carbocycles. The second-order valence-electron chi connectivity index (χ2n) is 29.9. The van der Waals surface area contributed by atoms with Gasteiger partial charge in [0.25, 0.3) is 0 Å². The predicted octanol–water partition coefficient (Wildman–Crippen LogP) is -5.56. The van der Waals surface area contributed by atoms with Crippen LogP contribution in [0.4, 0.5) is 0 Å². The van der Waals surface area contributed by atoms with Crippen molar-refractivity contribution in [3.05, 3.63) is 114 Å². The summed E-state index contributed by atoms with van der Waals surface area (Å²) in [7, 11) is 0. The number of carbonyl (C=O) groups is 18. The van der Waals surface area contributed by atoms with Crippen LogP contribution in [0.1, 0.15) is 127 Å². The second kappa shape index (κ2) is 46.3. The SMILES string of the molecule is CCC(C)C1NC(=O)C(Cc2ccccc2)NC(=O)C(C)NC(=O)C(Cc2cnc[nH]2)NC(=O)C2CCCN2C(=O)C(Cc2ccc(O)cc2)NC(=O)C(CCCCN)NC(=O)CNC(=O)C(C(C)O)NC(=O)C2CCCN2C(=O)C(CC(=O)O)NC(=O)C(CCC(N)=O)NC(=O)C(CC(=O)O)NC(=O)C(Cc2ccc(O)cc2)NC(=O)CNC1=O. The lowest BCUT2D eigenvalue weighted by molar-refractivity contribution is -0.146. The zero-order valence-corrected chi connectivity index (χ0v) is 67.3. The van der Waals surface area contributed by atoms with Crippen molar-refractivity contribution in [3.8, 4) is 11.5 Å². The standard InChI is InChI=1S/C79H107N19O23/c1-5-41(2)65-76(118)83-39-62(104)88-52(32-45-18-22-48(100)23-19-45)71(113)91-55(35-63(105)106)72(114)89-51(26-27-60(81)102)69(111)94-57(36-64(107)108)79(121)98-30-12-17-59(98)75(117)96-66(43(4)99)77(119)84-38-61(103)87-50(15-9-10-28-80)68(110)93-56(33-46-20-24-49(101)25-21-46)78(120)97-29-11-16-58(97)74(116)92-54(34-47-37-82-40-85-47)70(112)86-42(3)67(109)90-53(73(115)95-65)31-44-13-7-6-8-14-44/h6-8,13-14,18-25,37,40-43,50-59,65-66,99-101H,5,9-12,15-17,26-36,38-39,80H2,1-4H3,(H2,81,102)(H,82,85)(H,83,118)(H,84,119)(H,86,112)(H,87,103)(H,88,104)(H,89,114)(H,90,109)(H,91,113)(H,92,116)(H,93,110)(H,94,111)(H,95,115)(H,96,117)(H,105,106)(H,107,108). The van der Waals surface area contributed by atoms with Crippen LogP contribution < -0.4 is 80.6 Å². The normalized spacial score (nSPS) is 25.1. The first-order valence-electron chi connectivity index (χ1n) is 39.7. The van der Waals surface area contributed by atoms with Crippen LogP contribution in [0.2, 0.25) is 0 Å². The number of imidazole rings is 1. The van der Waals surface area contributed by atoms with Gasteiger partial charge in [-0.2, -0.15) is 0 Å². The molecule has 23 N–H and O–H groups in total. The first-order chi connectivity index (χ1) is 57.5. The number of aliphatic hydroxyl groups excluding tert-OH is 1. The Balaban J connectivity index is 1.24. The molecule has 656 valence electrons. The molecule has 4 heterocycles. The second-order valence-corrected chi connectivity index (χ2v) is 29.9. The number of nitrogens with zero attached hydrogens (tertiary/aromatic N) is 3. The van der Waals surface area contributed by atoms with Crippen molar-refractivity contribution in [3.63, 3.8) is 0 Å². The number of hydrogen-bond donors (Lipinski definition) is 21. The summed E-state index contributed by atoms with van der Waals surface area (Å²) in [6, 6.07) is -2.51. The molecule has 3 saturated heterocycles. The summed E-state index contributed by atoms with van der Waals surface area (Å²) in [5.41, 5.74) is 12.8. The van der Waals surface area contributed by atoms with Crippen molar-refractivity contribution >= 4 is 106 Å². The van der Waals surface area contributed by atoms with Crippen molar-refractivity contribution in [1.82, 2.24) is 88.9 Å². The van der Waals surface area contributed by atoms with Gasteiger partial charge in [0.1, 0.15) is 90.0 Å². The molecule has 0 spiro atoms. The Labute approximate surface area is 694 Å². The number of primary amides is 1. The maximum atomic E-state index is 15.1. The Morgan fingerprint density at radius 3 is 1.43 bits per heavy atom. The zero-order chi connectivity index (χ0) is 88.7. The van der Waals surface area contributed by atoms with E-state index < -0.39 is 242 Å². The molecule has 0 radical (unpaired) electrons. The molecule has 1 aromatic heterocycles. The highest BCUT2D eigenvalue weighted by molar-refractivity contribution is 6.02. The molecule has 42 heteroatoms. The Bertz CT molecular complexity index is 4350. The molecule has 16 amide bonds. The smallest absolute Gasteiger partial charge is 0.305 e. The average molecular weight is 1690 g/mol. The Morgan fingerprint density at radius 2 is 0.901 bits per heavy atom. The van der Waals surface area contributed by atoms with E-state index in [1.165, 1.54) is 72.9 Å². The number of amides is 16. The van der Waals surface area contributed by atoms with Crippen LogP contribution >= 0.6 is 0 Å². The summed E-state index contributed by atoms with van der Waals surface area (Å²) in [5, 5.41) is 83.4. The van der Waals surface area contributed by atoms with Gasteiger partial charge in [0.15, 0.2) is 0 Å². The number of benzene rings is 3. The number of aliphatic carboxylic acids is 2. The molecule has 4 aromatic rings. The zero-order valence-electron chi connectivity index (χ0n) is 67.3. The molecule has 15 unspecified atom stereocenters. The van der Waals surface area contributed by atoms with Crippen molar-refractivity contribution in [2.24, 2.45) is 17.4 Å². The van der Waals surface area contributed by atoms with Crippen molar-refractivity contribution in [1.29, 1.82) is 0 Å². The van der Waals surface area contributed by atoms with Crippen molar-refractivity contribution in [2.45, 2.75) is 215 Å². The minimum absolute atomic E-state index is 0.0425. The Morgan fingerprint density at radius 1 is 0.479 bits per heavy atom. The molecule has 3 aromatic carbocycles. The van der Waals surface area contributed by atoms with Gasteiger partial charge in [-0.1, -0.05) is 74.9 Å². The number of aliphatic hydroxyl groups is 1. The van der Waals surface area contributed by atoms with Gasteiger partial charge in [-0.05, 0) is 119 Å². The number of rotatable bonds is 22. The Hall–Kier alpha value is -13.2. The van der Waals surface area contributed by atoms with E-state index in [1.807, 2.05) is 0 Å². The molecule has 42 nitrogen and oxygen atoms in total. The lowest BCUT2D eigenvalue weighted by Crippen LogP contribution is -2.61. The van der Waals surface area contributed by atoms with Crippen molar-refractivity contribution < 1.29 is 112 Å². The number of carboxylic acid groups (broad SMARTS) is 2. The minimum Gasteiger partial charge on any atom is -0.508 e. The molecule has 0 aliphatic carbocycles. The third kappa shape index (κ3) is 29.4. The molecule has 3 aliphatic heterocycles. The summed E-state index contributed by atoms with van der Waals surface area (Å²) in [4.78, 5) is 263. The summed E-state index contributed by atoms with van der Waals surface area (Å²) < 4.78 is 0. The van der Waals surface area contributed by atoms with Gasteiger partial charge < -0.3 is 121 Å². The van der Waals surface area contributed by atoms with Crippen LogP contribution in [0.3, 0.4) is 0 Å². The largest absolute Gasteiger partial charge is 0.508 e. The van der Waals surface area contributed by atoms with Gasteiger partial charge in [-0.25, -0.2) is 4.98 Å². The highest BCUT2D eigenvalue weighted by atomic mass is 16.4. The number of aromatic nitrogens is 2. The van der Waals surface area contributed by atoms with E-state index in [0.29, 0.717) is 23.2 Å². The maximum absolute atomic E-state index is 15.1. The number of phenols is 2. The number of H-pyrrole nitrogens is 1. The molecule has 3 aliphatic rings. The minimum atomic E-state index is -2.16. The van der Waals surface area contributed by atoms with Gasteiger partial charge in [-0.3, -0.25) is 86.3 Å². The number of carboxylic acids is 2. The van der Waals surface area contributed by atoms with E-state index in [2.05, 4.69) is 79.1 Å². The fourth-order valence-electron chi connectivity index (χ4n) is 13.8. The summed E-state index contributed by atoms with van der Waals surface area (Å²) in [6.07, 6.45) is -3.18. The van der Waals surface area contributed by atoms with Crippen molar-refractivity contribution in [2.75, 3.05) is 32.7 Å². The molecule has 0 bridgehead atoms. The lowest BCUT2D eigenvalue weighted by Gasteiger charge is -2.31. The van der Waals surface area contributed by atoms with Crippen LogP contribution in [0.15, 0.2) is 91.4 Å². The molecule has 7 rings (SSSR count). The van der Waals surface area contributed by atoms with E-state index in [9.17, 15) is 107 Å². The first kappa shape index (κ1) is 95.0. The van der Waals surface area contributed by atoms with E-state index in [1.54, 1.807) is 44.2 Å². The Kier molecular flexibility index (Phi) is 36.3. The van der Waals surface area contributed by atoms with Crippen LogP contribution in [0.25, 0.3) is 0 Å². The summed E-state index contributed by atoms with van der Waals surface area (Å²) in [6.45, 7) is 3.67. The number of phenolic OH excluding ortho intramolecular Hbond substituents is 2. The van der Waals surface area contributed by atoms with Crippen LogP contribution in [0.5, 0.6) is 11.5 Å². The van der Waals surface area contributed by atoms with Crippen LogP contribution in [0, 0.1) is 5.92 Å². The third-order valence-corrected chi connectivity index (χ3v) is 20.6. The van der Waals surface area contributed by atoms with E-state index in [-0.39, 0.29) is 101 Å². The first-order valence-corrected chi connectivity index (χ1v) is 39.7. The number of nitrogens with one attached hydrogen (secondary N) is 14. The molecular weight excluding hydrogens is 1580 g/mol. The van der Waals surface area contributed by atoms with Gasteiger partial charge in [0.2, 0.25) is 94.5 Å². The van der Waals surface area contributed by atoms with Crippen LogP contribution in [-0.4, -0.2) is 269 Å². The average Bonchev–Trinajstić information content (AvgIpc) is 1.72. The highest BCUT2D eigenvalue weighted by Gasteiger charge is 2.44. The summed E-state index contributed by atoms with van der Waals surface area (Å²) in [5.74, 6) is -21.5. The number of aromatic hydroxyl groups is 2. The van der Waals surface area contributed by atoms with E-state index in [4.69, 9.17) is 11.5 Å². The lowest BCUT2D eigenvalue weighted by atomic mass is 9.97. The maximum Gasteiger partial charge on any atom is 0.305 e. The molecule has 15 atom stereocenters. The topological polar surface area (TPSA) is 652 Å². The third-order valence-electron chi connectivity index (χ3n) is 20.6. The number of unbranched alkanes of at least 4 members (excludes halogenated alkanes) is 1. The van der Waals surface area contributed by atoms with Gasteiger partial charge >= 0.3 is 11.9 Å². The molecular formula is C79H107N19O23. The highest BCUT2D eigenvalue weighted by Crippen LogP contribution is 2.24. The number of hydrogen-bond acceptors (Lipinski definition) is 23. The van der Waals surface area contributed by atoms with E-state index >= 15 is 4.79 Å². The molecule has 121 heavy (non-hydrogen) atoms. The van der Waals surface area contributed by atoms with Gasteiger partial charge in [0.05, 0.1) is 38.4 Å². The number of fused-ring (bicyclic) bond motifs is 2. The number of nitrogens with two attached hydrogens (primary N) is 2. The fraction of sp³-hybridized carbons (Fsp3) is 0.506. The van der Waals surface area contributed by atoms with Gasteiger partial charge in [-0.15, -0.1) is 0 Å². The van der Waals surface area contributed by atoms with E-state index in [0.717, 1.165) is 11.8 Å².